The van der Waals surface area contributed by atoms with Crippen LogP contribution in [0.5, 0.6) is 5.75 Å². The third kappa shape index (κ3) is 2.50. The van der Waals surface area contributed by atoms with E-state index in [4.69, 9.17) is 9.84 Å². The predicted molar refractivity (Wildman–Crippen MR) is 70.2 cm³/mol. The number of rotatable bonds is 5. The maximum Gasteiger partial charge on any atom is 0.303 e. The summed E-state index contributed by atoms with van der Waals surface area (Å²) in [6.07, 6.45) is 2.54. The smallest absolute Gasteiger partial charge is 0.303 e. The molecular weight excluding hydrogens is 228 g/mol. The fourth-order valence-electron chi connectivity index (χ4n) is 2.66. The van der Waals surface area contributed by atoms with Crippen LogP contribution < -0.4 is 4.74 Å². The summed E-state index contributed by atoms with van der Waals surface area (Å²) in [5.74, 6) is 0.876. The van der Waals surface area contributed by atoms with Crippen molar-refractivity contribution in [2.75, 3.05) is 7.11 Å². The lowest BCUT2D eigenvalue weighted by molar-refractivity contribution is -0.137. The van der Waals surface area contributed by atoms with Crippen molar-refractivity contribution in [1.29, 1.82) is 0 Å². The quantitative estimate of drug-likeness (QED) is 0.869. The summed E-state index contributed by atoms with van der Waals surface area (Å²) < 4.78 is 5.30. The summed E-state index contributed by atoms with van der Waals surface area (Å²) >= 11 is 0. The average Bonchev–Trinajstić information content (AvgIpc) is 3.14. The van der Waals surface area contributed by atoms with Crippen LogP contribution in [0.25, 0.3) is 0 Å². The standard InChI is InChI=1S/C15H20O3/c1-9-10(2)14(18-3)7-6-12(9)13(8-15(16)17)11-4-5-11/h6-7,11,13H,4-5,8H2,1-3H3,(H,16,17). The zero-order valence-corrected chi connectivity index (χ0v) is 11.2. The van der Waals surface area contributed by atoms with Crippen molar-refractivity contribution in [3.05, 3.63) is 28.8 Å². The Kier molecular flexibility index (Phi) is 3.60. The summed E-state index contributed by atoms with van der Waals surface area (Å²) in [4.78, 5) is 11.0. The van der Waals surface area contributed by atoms with Crippen LogP contribution in [0.1, 0.15) is 41.9 Å². The van der Waals surface area contributed by atoms with Gasteiger partial charge in [0, 0.05) is 0 Å². The average molecular weight is 248 g/mol. The van der Waals surface area contributed by atoms with E-state index in [0.717, 1.165) is 24.2 Å². The van der Waals surface area contributed by atoms with Crippen molar-refractivity contribution in [3.63, 3.8) is 0 Å². The second kappa shape index (κ2) is 5.01. The molecule has 0 aromatic heterocycles. The number of hydrogen-bond donors (Lipinski definition) is 1. The molecule has 3 heteroatoms. The van der Waals surface area contributed by atoms with Crippen molar-refractivity contribution < 1.29 is 14.6 Å². The number of carboxylic acid groups (broad SMARTS) is 1. The van der Waals surface area contributed by atoms with E-state index < -0.39 is 5.97 Å². The fraction of sp³-hybridized carbons (Fsp3) is 0.533. The summed E-state index contributed by atoms with van der Waals surface area (Å²) in [6.45, 7) is 4.09. The number of benzene rings is 1. The van der Waals surface area contributed by atoms with E-state index in [-0.39, 0.29) is 12.3 Å². The third-order valence-electron chi connectivity index (χ3n) is 3.98. The van der Waals surface area contributed by atoms with Crippen LogP contribution in [0.4, 0.5) is 0 Å². The second-order valence-corrected chi connectivity index (χ2v) is 5.15. The van der Waals surface area contributed by atoms with E-state index in [9.17, 15) is 4.79 Å². The van der Waals surface area contributed by atoms with Gasteiger partial charge in [-0.2, -0.15) is 0 Å². The number of ether oxygens (including phenoxy) is 1. The van der Waals surface area contributed by atoms with Crippen LogP contribution in [0, 0.1) is 19.8 Å². The molecule has 1 aliphatic rings. The molecule has 0 bridgehead atoms. The van der Waals surface area contributed by atoms with Gasteiger partial charge in [0.15, 0.2) is 0 Å². The molecule has 1 atom stereocenters. The molecule has 1 saturated carbocycles. The molecule has 0 heterocycles. The van der Waals surface area contributed by atoms with Gasteiger partial charge in [-0.25, -0.2) is 0 Å². The van der Waals surface area contributed by atoms with Crippen LogP contribution in [0.2, 0.25) is 0 Å². The minimum atomic E-state index is -0.709. The highest BCUT2D eigenvalue weighted by molar-refractivity contribution is 5.68. The summed E-state index contributed by atoms with van der Waals surface area (Å²) in [5, 5.41) is 9.06. The SMILES string of the molecule is COc1ccc(C(CC(=O)O)C2CC2)c(C)c1C. The first kappa shape index (κ1) is 12.9. The largest absolute Gasteiger partial charge is 0.496 e. The van der Waals surface area contributed by atoms with Gasteiger partial charge in [-0.15, -0.1) is 0 Å². The van der Waals surface area contributed by atoms with Crippen LogP contribution in [0.15, 0.2) is 12.1 Å². The van der Waals surface area contributed by atoms with Gasteiger partial charge < -0.3 is 9.84 Å². The number of carboxylic acids is 1. The van der Waals surface area contributed by atoms with E-state index >= 15 is 0 Å². The Hall–Kier alpha value is -1.51. The molecule has 3 nitrogen and oxygen atoms in total. The normalized spacial score (nSPS) is 16.4. The van der Waals surface area contributed by atoms with Crippen LogP contribution >= 0.6 is 0 Å². The lowest BCUT2D eigenvalue weighted by Crippen LogP contribution is -2.10. The first-order chi connectivity index (χ1) is 8.54. The van der Waals surface area contributed by atoms with Gasteiger partial charge in [0.1, 0.15) is 5.75 Å². The molecule has 0 radical (unpaired) electrons. The second-order valence-electron chi connectivity index (χ2n) is 5.15. The first-order valence-corrected chi connectivity index (χ1v) is 6.40. The topological polar surface area (TPSA) is 46.5 Å². The Morgan fingerprint density at radius 2 is 2.06 bits per heavy atom. The van der Waals surface area contributed by atoms with Crippen molar-refractivity contribution in [3.8, 4) is 5.75 Å². The molecule has 0 aliphatic heterocycles. The van der Waals surface area contributed by atoms with Crippen LogP contribution in [-0.4, -0.2) is 18.2 Å². The lowest BCUT2D eigenvalue weighted by Gasteiger charge is -2.20. The molecule has 0 spiro atoms. The predicted octanol–water partition coefficient (Wildman–Crippen LogP) is 3.28. The lowest BCUT2D eigenvalue weighted by atomic mass is 9.86. The van der Waals surface area contributed by atoms with E-state index in [1.807, 2.05) is 19.1 Å². The van der Waals surface area contributed by atoms with E-state index in [0.29, 0.717) is 5.92 Å². The van der Waals surface area contributed by atoms with Gasteiger partial charge in [-0.05, 0) is 61.3 Å². The molecule has 1 unspecified atom stereocenters. The number of carbonyl (C=O) groups is 1. The summed E-state index contributed by atoms with van der Waals surface area (Å²) in [7, 11) is 1.66. The Morgan fingerprint density at radius 1 is 1.39 bits per heavy atom. The molecule has 0 saturated heterocycles. The van der Waals surface area contributed by atoms with Gasteiger partial charge in [0.2, 0.25) is 0 Å². The Balaban J connectivity index is 2.35. The van der Waals surface area contributed by atoms with Gasteiger partial charge in [0.25, 0.3) is 0 Å². The highest BCUT2D eigenvalue weighted by Crippen LogP contribution is 2.46. The molecule has 1 aromatic carbocycles. The molecule has 1 aromatic rings. The Labute approximate surface area is 108 Å². The van der Waals surface area contributed by atoms with E-state index in [2.05, 4.69) is 6.92 Å². The van der Waals surface area contributed by atoms with Gasteiger partial charge in [-0.1, -0.05) is 6.07 Å². The Morgan fingerprint density at radius 3 is 2.56 bits per heavy atom. The molecular formula is C15H20O3. The zero-order chi connectivity index (χ0) is 13.3. The zero-order valence-electron chi connectivity index (χ0n) is 11.2. The minimum Gasteiger partial charge on any atom is -0.496 e. The number of aliphatic carboxylic acids is 1. The molecule has 1 aliphatic carbocycles. The third-order valence-corrected chi connectivity index (χ3v) is 3.98. The maximum absolute atomic E-state index is 11.0. The van der Waals surface area contributed by atoms with E-state index in [1.165, 1.54) is 11.1 Å². The molecule has 2 rings (SSSR count). The highest BCUT2D eigenvalue weighted by atomic mass is 16.5. The van der Waals surface area contributed by atoms with Crippen molar-refractivity contribution >= 4 is 5.97 Å². The molecule has 18 heavy (non-hydrogen) atoms. The molecule has 1 fully saturated rings. The van der Waals surface area contributed by atoms with Crippen LogP contribution in [0.3, 0.4) is 0 Å². The van der Waals surface area contributed by atoms with Crippen molar-refractivity contribution in [2.45, 2.75) is 39.0 Å². The van der Waals surface area contributed by atoms with E-state index in [1.54, 1.807) is 7.11 Å². The van der Waals surface area contributed by atoms with Crippen molar-refractivity contribution in [1.82, 2.24) is 0 Å². The Bertz CT molecular complexity index is 461. The van der Waals surface area contributed by atoms with Gasteiger partial charge in [-0.3, -0.25) is 4.79 Å². The maximum atomic E-state index is 11.0. The summed E-state index contributed by atoms with van der Waals surface area (Å²) in [6, 6.07) is 3.99. The number of hydrogen-bond acceptors (Lipinski definition) is 2. The number of methoxy groups -OCH3 is 1. The highest BCUT2D eigenvalue weighted by Gasteiger charge is 2.34. The molecule has 0 amide bonds. The minimum absolute atomic E-state index is 0.159. The summed E-state index contributed by atoms with van der Waals surface area (Å²) in [5.41, 5.74) is 3.47. The molecule has 1 N–H and O–H groups in total. The fourth-order valence-corrected chi connectivity index (χ4v) is 2.66. The van der Waals surface area contributed by atoms with Crippen LogP contribution in [-0.2, 0) is 4.79 Å². The first-order valence-electron chi connectivity index (χ1n) is 6.40. The van der Waals surface area contributed by atoms with Crippen molar-refractivity contribution in [2.24, 2.45) is 5.92 Å². The molecule has 98 valence electrons. The monoisotopic (exact) mass is 248 g/mol. The van der Waals surface area contributed by atoms with Gasteiger partial charge >= 0.3 is 5.97 Å². The van der Waals surface area contributed by atoms with Gasteiger partial charge in [0.05, 0.1) is 13.5 Å².